The van der Waals surface area contributed by atoms with Crippen LogP contribution in [0.5, 0.6) is 0 Å². The maximum absolute atomic E-state index is 12.8. The number of aryl methyl sites for hydroxylation is 1. The van der Waals surface area contributed by atoms with Gasteiger partial charge < -0.3 is 5.43 Å². The Hall–Kier alpha value is -2.12. The number of pyridine rings is 1. The average molecular weight is 304 g/mol. The summed E-state index contributed by atoms with van der Waals surface area (Å²) in [5.74, 6) is 5.62. The van der Waals surface area contributed by atoms with Crippen LogP contribution in [-0.2, 0) is 16.4 Å². The highest BCUT2D eigenvalue weighted by Crippen LogP contribution is 2.31. The van der Waals surface area contributed by atoms with E-state index in [1.54, 1.807) is 0 Å². The lowest BCUT2D eigenvalue weighted by atomic mass is 10.0. The Labute approximate surface area is 123 Å². The molecule has 1 aromatic heterocycles. The van der Waals surface area contributed by atoms with Gasteiger partial charge in [-0.2, -0.15) is 0 Å². The van der Waals surface area contributed by atoms with E-state index in [4.69, 9.17) is 5.84 Å². The van der Waals surface area contributed by atoms with Crippen molar-refractivity contribution in [1.29, 1.82) is 0 Å². The van der Waals surface area contributed by atoms with E-state index in [1.165, 1.54) is 22.6 Å². The van der Waals surface area contributed by atoms with Crippen LogP contribution in [0.2, 0.25) is 0 Å². The van der Waals surface area contributed by atoms with Gasteiger partial charge in [-0.3, -0.25) is 4.31 Å². The minimum atomic E-state index is -3.61. The topological polar surface area (TPSA) is 88.3 Å². The normalized spacial score (nSPS) is 14.6. The fraction of sp³-hybridized carbons (Fsp3) is 0.214. The third-order valence-electron chi connectivity index (χ3n) is 3.53. The molecule has 21 heavy (non-hydrogen) atoms. The highest BCUT2D eigenvalue weighted by molar-refractivity contribution is 7.92. The Morgan fingerprint density at radius 2 is 2.05 bits per heavy atom. The molecule has 1 aromatic carbocycles. The molecule has 0 saturated carbocycles. The minimum Gasteiger partial charge on any atom is -0.308 e. The van der Waals surface area contributed by atoms with Gasteiger partial charge in [0.2, 0.25) is 0 Å². The Kier molecular flexibility index (Phi) is 3.52. The number of hydrogen-bond donors (Lipinski definition) is 2. The molecule has 0 spiro atoms. The Bertz CT molecular complexity index is 761. The first-order valence-electron chi connectivity index (χ1n) is 6.66. The smallest absolute Gasteiger partial charge is 0.264 e. The van der Waals surface area contributed by atoms with Gasteiger partial charge in [0.15, 0.2) is 0 Å². The summed E-state index contributed by atoms with van der Waals surface area (Å²) in [6, 6.07) is 10.5. The number of anilines is 2. The summed E-state index contributed by atoms with van der Waals surface area (Å²) in [7, 11) is -3.61. The fourth-order valence-electron chi connectivity index (χ4n) is 2.53. The van der Waals surface area contributed by atoms with Gasteiger partial charge in [-0.1, -0.05) is 18.2 Å². The zero-order valence-corrected chi connectivity index (χ0v) is 12.2. The number of sulfonamides is 1. The first-order chi connectivity index (χ1) is 10.1. The van der Waals surface area contributed by atoms with Crippen molar-refractivity contribution in [3.8, 4) is 0 Å². The number of nitrogens with zero attached hydrogens (tertiary/aromatic N) is 2. The van der Waals surface area contributed by atoms with Crippen LogP contribution in [-0.4, -0.2) is 19.9 Å². The number of benzene rings is 1. The SMILES string of the molecule is NNc1cc(S(=O)(=O)N2CCCc3ccccc32)ccn1. The lowest BCUT2D eigenvalue weighted by Crippen LogP contribution is -2.35. The molecule has 0 aliphatic carbocycles. The van der Waals surface area contributed by atoms with Gasteiger partial charge in [0.05, 0.1) is 10.6 Å². The highest BCUT2D eigenvalue weighted by Gasteiger charge is 2.29. The van der Waals surface area contributed by atoms with E-state index in [0.29, 0.717) is 12.4 Å². The molecule has 0 fully saturated rings. The van der Waals surface area contributed by atoms with E-state index >= 15 is 0 Å². The van der Waals surface area contributed by atoms with E-state index in [0.717, 1.165) is 24.1 Å². The van der Waals surface area contributed by atoms with Gasteiger partial charge in [0.25, 0.3) is 10.0 Å². The van der Waals surface area contributed by atoms with Crippen LogP contribution in [0.1, 0.15) is 12.0 Å². The summed E-state index contributed by atoms with van der Waals surface area (Å²) in [5.41, 5.74) is 4.17. The van der Waals surface area contributed by atoms with E-state index in [1.807, 2.05) is 24.3 Å². The van der Waals surface area contributed by atoms with Gasteiger partial charge in [-0.05, 0) is 30.5 Å². The molecule has 110 valence electrons. The van der Waals surface area contributed by atoms with Gasteiger partial charge in [0, 0.05) is 18.8 Å². The number of hydrogen-bond acceptors (Lipinski definition) is 5. The molecule has 1 aliphatic heterocycles. The molecule has 7 heteroatoms. The Balaban J connectivity index is 2.07. The summed E-state index contributed by atoms with van der Waals surface area (Å²) in [4.78, 5) is 4.12. The van der Waals surface area contributed by atoms with E-state index in [-0.39, 0.29) is 4.90 Å². The monoisotopic (exact) mass is 304 g/mol. The zero-order valence-electron chi connectivity index (χ0n) is 11.4. The van der Waals surface area contributed by atoms with Crippen molar-refractivity contribution in [3.63, 3.8) is 0 Å². The number of nitrogens with one attached hydrogen (secondary N) is 1. The number of rotatable bonds is 3. The molecule has 2 aromatic rings. The average Bonchev–Trinajstić information content (AvgIpc) is 2.54. The zero-order chi connectivity index (χ0) is 14.9. The fourth-order valence-corrected chi connectivity index (χ4v) is 4.08. The lowest BCUT2D eigenvalue weighted by molar-refractivity contribution is 0.586. The van der Waals surface area contributed by atoms with Crippen molar-refractivity contribution >= 4 is 21.5 Å². The summed E-state index contributed by atoms with van der Waals surface area (Å²) in [6.45, 7) is 0.479. The lowest BCUT2D eigenvalue weighted by Gasteiger charge is -2.30. The largest absolute Gasteiger partial charge is 0.308 e. The van der Waals surface area contributed by atoms with Crippen LogP contribution < -0.4 is 15.6 Å². The highest BCUT2D eigenvalue weighted by atomic mass is 32.2. The van der Waals surface area contributed by atoms with Gasteiger partial charge in [-0.15, -0.1) is 0 Å². The molecule has 0 saturated heterocycles. The number of nitrogens with two attached hydrogens (primary N) is 1. The van der Waals surface area contributed by atoms with Crippen molar-refractivity contribution in [1.82, 2.24) is 4.98 Å². The van der Waals surface area contributed by atoms with Crippen LogP contribution in [0.4, 0.5) is 11.5 Å². The van der Waals surface area contributed by atoms with Crippen LogP contribution in [0.3, 0.4) is 0 Å². The molecule has 0 unspecified atom stereocenters. The van der Waals surface area contributed by atoms with Crippen molar-refractivity contribution in [2.24, 2.45) is 5.84 Å². The van der Waals surface area contributed by atoms with Crippen LogP contribution >= 0.6 is 0 Å². The summed E-state index contributed by atoms with van der Waals surface area (Å²) in [5, 5.41) is 0. The quantitative estimate of drug-likeness (QED) is 0.663. The predicted molar refractivity (Wildman–Crippen MR) is 81.3 cm³/mol. The predicted octanol–water partition coefficient (Wildman–Crippen LogP) is 1.51. The number of para-hydroxylation sites is 1. The second-order valence-electron chi connectivity index (χ2n) is 4.83. The Morgan fingerprint density at radius 1 is 1.24 bits per heavy atom. The first kappa shape index (κ1) is 13.8. The molecule has 3 rings (SSSR count). The van der Waals surface area contributed by atoms with E-state index in [2.05, 4.69) is 10.4 Å². The molecule has 0 radical (unpaired) electrons. The number of fused-ring (bicyclic) bond motifs is 1. The second kappa shape index (κ2) is 5.34. The molecular weight excluding hydrogens is 288 g/mol. The van der Waals surface area contributed by atoms with E-state index < -0.39 is 10.0 Å². The third-order valence-corrected chi connectivity index (χ3v) is 5.34. The molecule has 6 nitrogen and oxygen atoms in total. The summed E-state index contributed by atoms with van der Waals surface area (Å²) >= 11 is 0. The standard InChI is InChI=1S/C14H16N4O2S/c15-17-14-10-12(7-8-16-14)21(19,20)18-9-3-5-11-4-1-2-6-13(11)18/h1-2,4,6-8,10H,3,5,9,15H2,(H,16,17). The van der Waals surface area contributed by atoms with Crippen molar-refractivity contribution < 1.29 is 8.42 Å². The molecule has 3 N–H and O–H groups in total. The number of aromatic nitrogens is 1. The van der Waals surface area contributed by atoms with Crippen molar-refractivity contribution in [2.45, 2.75) is 17.7 Å². The Morgan fingerprint density at radius 3 is 2.86 bits per heavy atom. The third kappa shape index (κ3) is 2.45. The summed E-state index contributed by atoms with van der Waals surface area (Å²) in [6.07, 6.45) is 3.13. The molecule has 0 atom stereocenters. The molecule has 0 bridgehead atoms. The van der Waals surface area contributed by atoms with Gasteiger partial charge >= 0.3 is 0 Å². The molecule has 2 heterocycles. The van der Waals surface area contributed by atoms with Crippen molar-refractivity contribution in [3.05, 3.63) is 48.2 Å². The minimum absolute atomic E-state index is 0.183. The molecule has 0 amide bonds. The van der Waals surface area contributed by atoms with Gasteiger partial charge in [-0.25, -0.2) is 19.2 Å². The van der Waals surface area contributed by atoms with E-state index in [9.17, 15) is 8.42 Å². The number of nitrogen functional groups attached to an aromatic ring is 1. The maximum Gasteiger partial charge on any atom is 0.264 e. The molecular formula is C14H16N4O2S. The maximum atomic E-state index is 12.8. The van der Waals surface area contributed by atoms with Gasteiger partial charge in [0.1, 0.15) is 5.82 Å². The van der Waals surface area contributed by atoms with Crippen LogP contribution in [0.15, 0.2) is 47.5 Å². The summed E-state index contributed by atoms with van der Waals surface area (Å²) < 4.78 is 27.2. The van der Waals surface area contributed by atoms with Crippen molar-refractivity contribution in [2.75, 3.05) is 16.3 Å². The number of hydrazine groups is 1. The van der Waals surface area contributed by atoms with Crippen LogP contribution in [0, 0.1) is 0 Å². The first-order valence-corrected chi connectivity index (χ1v) is 8.10. The van der Waals surface area contributed by atoms with Crippen LogP contribution in [0.25, 0.3) is 0 Å². The molecule has 1 aliphatic rings. The second-order valence-corrected chi connectivity index (χ2v) is 6.69.